The first-order chi connectivity index (χ1) is 8.79. The third-order valence-corrected chi connectivity index (χ3v) is 4.07. The van der Waals surface area contributed by atoms with Gasteiger partial charge in [-0.2, -0.15) is 0 Å². The third kappa shape index (κ3) is 2.24. The van der Waals surface area contributed by atoms with Crippen molar-refractivity contribution in [1.29, 1.82) is 0 Å². The Hall–Kier alpha value is -1.08. The van der Waals surface area contributed by atoms with Crippen molar-refractivity contribution in [3.63, 3.8) is 0 Å². The summed E-state index contributed by atoms with van der Waals surface area (Å²) in [4.78, 5) is 2.62. The average Bonchev–Trinajstić information content (AvgIpc) is 3.01. The molecule has 2 bridgehead atoms. The summed E-state index contributed by atoms with van der Waals surface area (Å²) in [7, 11) is 0. The molecule has 0 aromatic heterocycles. The fourth-order valence-corrected chi connectivity index (χ4v) is 3.26. The molecule has 1 nitrogen and oxygen atoms in total. The highest BCUT2D eigenvalue weighted by Crippen LogP contribution is 2.42. The average molecular weight is 243 g/mol. The Balaban J connectivity index is 0.000000574. The summed E-state index contributed by atoms with van der Waals surface area (Å²) >= 11 is 0. The Labute approximate surface area is 112 Å². The van der Waals surface area contributed by atoms with Crippen molar-refractivity contribution in [3.8, 4) is 0 Å². The molecule has 0 radical (unpaired) electrons. The fraction of sp³-hybridized carbons (Fsp3) is 0.529. The molecule has 0 saturated carbocycles. The minimum absolute atomic E-state index is 0.691. The van der Waals surface area contributed by atoms with Gasteiger partial charge in [-0.05, 0) is 42.5 Å². The van der Waals surface area contributed by atoms with E-state index >= 15 is 0 Å². The van der Waals surface area contributed by atoms with Crippen molar-refractivity contribution < 1.29 is 0 Å². The van der Waals surface area contributed by atoms with Gasteiger partial charge < -0.3 is 0 Å². The van der Waals surface area contributed by atoms with Gasteiger partial charge in [0.05, 0.1) is 0 Å². The zero-order valence-corrected chi connectivity index (χ0v) is 12.1. The molecule has 0 N–H and O–H groups in total. The monoisotopic (exact) mass is 243 g/mol. The number of likely N-dealkylation sites (N-methyl/N-ethyl adjacent to an activating group) is 1. The van der Waals surface area contributed by atoms with Gasteiger partial charge in [0.25, 0.3) is 0 Å². The van der Waals surface area contributed by atoms with E-state index in [1.54, 1.807) is 5.57 Å². The van der Waals surface area contributed by atoms with E-state index in [9.17, 15) is 0 Å². The van der Waals surface area contributed by atoms with E-state index in [0.717, 1.165) is 5.92 Å². The topological polar surface area (TPSA) is 3.24 Å². The van der Waals surface area contributed by atoms with Crippen molar-refractivity contribution >= 4 is 5.57 Å². The molecular formula is C17H25N. The van der Waals surface area contributed by atoms with Crippen molar-refractivity contribution in [2.24, 2.45) is 5.92 Å². The number of rotatable bonds is 2. The molecule has 2 atom stereocenters. The van der Waals surface area contributed by atoms with Crippen LogP contribution in [0.3, 0.4) is 0 Å². The van der Waals surface area contributed by atoms with Crippen LogP contribution in [0.4, 0.5) is 0 Å². The van der Waals surface area contributed by atoms with E-state index in [0.29, 0.717) is 6.04 Å². The molecule has 0 amide bonds. The number of fused-ring (bicyclic) bond motifs is 2. The van der Waals surface area contributed by atoms with Gasteiger partial charge >= 0.3 is 0 Å². The molecule has 1 aromatic rings. The van der Waals surface area contributed by atoms with Gasteiger partial charge in [-0.1, -0.05) is 51.1 Å². The molecule has 1 saturated heterocycles. The quantitative estimate of drug-likeness (QED) is 0.755. The lowest BCUT2D eigenvalue weighted by Gasteiger charge is -2.27. The first-order valence-corrected chi connectivity index (χ1v) is 7.31. The second kappa shape index (κ2) is 5.71. The van der Waals surface area contributed by atoms with Gasteiger partial charge in [-0.15, -0.1) is 0 Å². The Bertz CT molecular complexity index is 433. The summed E-state index contributed by atoms with van der Waals surface area (Å²) in [6, 6.07) is 9.47. The normalized spacial score (nSPS) is 25.7. The summed E-state index contributed by atoms with van der Waals surface area (Å²) < 4.78 is 0. The molecule has 3 rings (SSSR count). The highest BCUT2D eigenvalue weighted by Gasteiger charge is 2.38. The van der Waals surface area contributed by atoms with Crippen LogP contribution in [0, 0.1) is 12.8 Å². The summed E-state index contributed by atoms with van der Waals surface area (Å²) in [5.41, 5.74) is 4.46. The van der Waals surface area contributed by atoms with E-state index in [1.807, 2.05) is 13.8 Å². The molecular weight excluding hydrogens is 218 g/mol. The van der Waals surface area contributed by atoms with E-state index < -0.39 is 0 Å². The van der Waals surface area contributed by atoms with Crippen molar-refractivity contribution in [2.75, 3.05) is 13.1 Å². The number of hydrogen-bond donors (Lipinski definition) is 0. The van der Waals surface area contributed by atoms with Crippen LogP contribution in [-0.2, 0) is 0 Å². The summed E-state index contributed by atoms with van der Waals surface area (Å²) in [6.07, 6.45) is 3.86. The van der Waals surface area contributed by atoms with Crippen LogP contribution in [0.1, 0.15) is 38.3 Å². The second-order valence-corrected chi connectivity index (χ2v) is 5.04. The number of likely N-dealkylation sites (tertiary alicyclic amines) is 1. The SMILES string of the molecule is CC.CCN1CC2C=C(c3ccccc3C)C1C2. The number of hydrogen-bond acceptors (Lipinski definition) is 1. The number of benzene rings is 1. The molecule has 2 aliphatic rings. The van der Waals surface area contributed by atoms with Gasteiger partial charge in [0, 0.05) is 12.6 Å². The smallest absolute Gasteiger partial charge is 0.0357 e. The molecule has 0 spiro atoms. The van der Waals surface area contributed by atoms with E-state index in [1.165, 1.54) is 30.6 Å². The van der Waals surface area contributed by atoms with Crippen molar-refractivity contribution in [2.45, 2.75) is 40.2 Å². The van der Waals surface area contributed by atoms with Crippen LogP contribution in [0.15, 0.2) is 30.3 Å². The first kappa shape index (κ1) is 13.4. The summed E-state index contributed by atoms with van der Waals surface area (Å²) in [6.45, 7) is 11.0. The molecule has 1 heteroatoms. The molecule has 1 aliphatic heterocycles. The van der Waals surface area contributed by atoms with Gasteiger partial charge in [0.15, 0.2) is 0 Å². The van der Waals surface area contributed by atoms with Gasteiger partial charge in [0.2, 0.25) is 0 Å². The van der Waals surface area contributed by atoms with Crippen LogP contribution < -0.4 is 0 Å². The Morgan fingerprint density at radius 3 is 2.56 bits per heavy atom. The van der Waals surface area contributed by atoms with Crippen LogP contribution in [0.2, 0.25) is 0 Å². The lowest BCUT2D eigenvalue weighted by Crippen LogP contribution is -2.32. The first-order valence-electron chi connectivity index (χ1n) is 7.31. The Morgan fingerprint density at radius 1 is 1.22 bits per heavy atom. The van der Waals surface area contributed by atoms with E-state index in [2.05, 4.69) is 49.1 Å². The van der Waals surface area contributed by atoms with Crippen LogP contribution >= 0.6 is 0 Å². The third-order valence-electron chi connectivity index (χ3n) is 4.07. The van der Waals surface area contributed by atoms with Crippen molar-refractivity contribution in [1.82, 2.24) is 4.90 Å². The highest BCUT2D eigenvalue weighted by molar-refractivity contribution is 5.75. The van der Waals surface area contributed by atoms with Gasteiger partial charge in [-0.25, -0.2) is 0 Å². The Kier molecular flexibility index (Phi) is 4.23. The molecule has 1 aliphatic carbocycles. The Morgan fingerprint density at radius 2 is 1.94 bits per heavy atom. The second-order valence-electron chi connectivity index (χ2n) is 5.04. The molecule has 1 fully saturated rings. The maximum atomic E-state index is 2.62. The maximum absolute atomic E-state index is 2.62. The lowest BCUT2D eigenvalue weighted by atomic mass is 9.96. The van der Waals surface area contributed by atoms with Gasteiger partial charge in [-0.3, -0.25) is 4.90 Å². The largest absolute Gasteiger partial charge is 0.296 e. The minimum atomic E-state index is 0.691. The predicted octanol–water partition coefficient (Wildman–Crippen LogP) is 4.13. The summed E-state index contributed by atoms with van der Waals surface area (Å²) in [5, 5.41) is 0. The highest BCUT2D eigenvalue weighted by atomic mass is 15.2. The molecule has 1 aromatic carbocycles. The number of aryl methyl sites for hydroxylation is 1. The van der Waals surface area contributed by atoms with Crippen LogP contribution in [-0.4, -0.2) is 24.0 Å². The van der Waals surface area contributed by atoms with Crippen LogP contribution in [0.5, 0.6) is 0 Å². The lowest BCUT2D eigenvalue weighted by molar-refractivity contribution is 0.302. The van der Waals surface area contributed by atoms with Gasteiger partial charge in [0.1, 0.15) is 0 Å². The molecule has 2 unspecified atom stereocenters. The van der Waals surface area contributed by atoms with E-state index in [4.69, 9.17) is 0 Å². The number of nitrogens with zero attached hydrogens (tertiary/aromatic N) is 1. The molecule has 18 heavy (non-hydrogen) atoms. The minimum Gasteiger partial charge on any atom is -0.296 e. The zero-order valence-electron chi connectivity index (χ0n) is 12.1. The maximum Gasteiger partial charge on any atom is 0.0357 e. The summed E-state index contributed by atoms with van der Waals surface area (Å²) in [5.74, 6) is 0.805. The van der Waals surface area contributed by atoms with Crippen molar-refractivity contribution in [3.05, 3.63) is 41.5 Å². The van der Waals surface area contributed by atoms with E-state index in [-0.39, 0.29) is 0 Å². The standard InChI is InChI=1S/C15H19N.C2H6/c1-3-16-10-12-8-14(15(16)9-12)13-7-5-4-6-11(13)2;1-2/h4-8,12,15H,3,9-10H2,1-2H3;1-2H3. The fourth-order valence-electron chi connectivity index (χ4n) is 3.26. The molecule has 1 heterocycles. The van der Waals surface area contributed by atoms with Crippen LogP contribution in [0.25, 0.3) is 5.57 Å². The molecule has 98 valence electrons. The predicted molar refractivity (Wildman–Crippen MR) is 79.6 cm³/mol. The zero-order chi connectivity index (χ0) is 13.1.